The van der Waals surface area contributed by atoms with E-state index in [0.717, 1.165) is 6.26 Å². The van der Waals surface area contributed by atoms with Gasteiger partial charge in [0.05, 0.1) is 22.1 Å². The summed E-state index contributed by atoms with van der Waals surface area (Å²) in [5, 5.41) is -0.0818. The van der Waals surface area contributed by atoms with Crippen molar-refractivity contribution in [1.82, 2.24) is 4.98 Å². The predicted molar refractivity (Wildman–Crippen MR) is 106 cm³/mol. The molecule has 0 unspecified atom stereocenters. The minimum Gasteiger partial charge on any atom is -0.493 e. The first kappa shape index (κ1) is 24.9. The van der Waals surface area contributed by atoms with Gasteiger partial charge < -0.3 is 10.5 Å². The summed E-state index contributed by atoms with van der Waals surface area (Å²) >= 11 is 6.00. The summed E-state index contributed by atoms with van der Waals surface area (Å²) in [6.45, 7) is 2.42. The lowest BCUT2D eigenvalue weighted by Crippen LogP contribution is -2.08. The minimum atomic E-state index is -3.48. The molecule has 0 saturated carbocycles. The van der Waals surface area contributed by atoms with Gasteiger partial charge in [0, 0.05) is 24.2 Å². The molecule has 5 nitrogen and oxygen atoms in total. The van der Waals surface area contributed by atoms with Crippen LogP contribution >= 0.6 is 36.4 Å². The molecule has 2 N–H and O–H groups in total. The van der Waals surface area contributed by atoms with E-state index in [2.05, 4.69) is 4.98 Å². The molecule has 1 heterocycles. The van der Waals surface area contributed by atoms with Crippen LogP contribution in [0.15, 0.2) is 29.4 Å². The molecule has 1 aromatic heterocycles. The van der Waals surface area contributed by atoms with Crippen LogP contribution in [0, 0.1) is 5.82 Å². The van der Waals surface area contributed by atoms with Gasteiger partial charge >= 0.3 is 0 Å². The first-order valence-electron chi connectivity index (χ1n) is 7.28. The Morgan fingerprint density at radius 3 is 2.46 bits per heavy atom. The maximum atomic E-state index is 14.7. The smallest absolute Gasteiger partial charge is 0.177 e. The van der Waals surface area contributed by atoms with Gasteiger partial charge in [-0.25, -0.2) is 12.8 Å². The molecule has 10 heteroatoms. The van der Waals surface area contributed by atoms with Gasteiger partial charge in [-0.2, -0.15) is 0 Å². The van der Waals surface area contributed by atoms with Crippen molar-refractivity contribution in [2.75, 3.05) is 19.4 Å². The lowest BCUT2D eigenvalue weighted by Gasteiger charge is -2.17. The van der Waals surface area contributed by atoms with Gasteiger partial charge in [0.1, 0.15) is 5.75 Å². The average Bonchev–Trinajstić information content (AvgIpc) is 2.52. The number of benzene rings is 1. The van der Waals surface area contributed by atoms with Crippen molar-refractivity contribution in [2.45, 2.75) is 18.2 Å². The van der Waals surface area contributed by atoms with E-state index in [4.69, 9.17) is 22.1 Å². The Bertz CT molecular complexity index is 864. The molecule has 2 rings (SSSR count). The highest BCUT2D eigenvalue weighted by atomic mass is 35.5. The van der Waals surface area contributed by atoms with E-state index in [-0.39, 0.29) is 45.9 Å². The summed E-state index contributed by atoms with van der Waals surface area (Å²) in [6.07, 6.45) is 4.09. The maximum Gasteiger partial charge on any atom is 0.177 e. The van der Waals surface area contributed by atoms with Crippen LogP contribution in [-0.4, -0.2) is 32.8 Å². The lowest BCUT2D eigenvalue weighted by molar-refractivity contribution is 0.336. The summed E-state index contributed by atoms with van der Waals surface area (Å²) < 4.78 is 43.8. The fourth-order valence-corrected chi connectivity index (χ4v) is 3.15. The third-order valence-electron chi connectivity index (χ3n) is 3.38. The largest absolute Gasteiger partial charge is 0.493 e. The van der Waals surface area contributed by atoms with Gasteiger partial charge in [-0.3, -0.25) is 4.98 Å². The minimum absolute atomic E-state index is 0. The number of sulfone groups is 1. The number of nitrogens with zero attached hydrogens (tertiary/aromatic N) is 1. The van der Waals surface area contributed by atoms with Gasteiger partial charge in [-0.15, -0.1) is 24.8 Å². The van der Waals surface area contributed by atoms with E-state index in [0.29, 0.717) is 30.9 Å². The monoisotopic (exact) mass is 444 g/mol. The Morgan fingerprint density at radius 2 is 1.92 bits per heavy atom. The number of ether oxygens (including phenoxy) is 1. The van der Waals surface area contributed by atoms with Crippen LogP contribution in [0.2, 0.25) is 5.02 Å². The normalized spacial score (nSPS) is 10.7. The molecule has 0 saturated heterocycles. The zero-order valence-corrected chi connectivity index (χ0v) is 17.4. The zero-order valence-electron chi connectivity index (χ0n) is 14.2. The van der Waals surface area contributed by atoms with Gasteiger partial charge in [0.2, 0.25) is 0 Å². The standard InChI is InChI=1S/C16H18ClFN2O3S.2ClH/c1-3-23-16-10(4-5-19)7-13(17)15(18)14(16)11-6-12(9-20-8-11)24(2,21)22;;/h6-9H,3-5,19H2,1-2H3;2*1H. The topological polar surface area (TPSA) is 82.3 Å². The molecule has 0 aliphatic rings. The Labute approximate surface area is 169 Å². The highest BCUT2D eigenvalue weighted by Crippen LogP contribution is 2.40. The van der Waals surface area contributed by atoms with Crippen LogP contribution in [-0.2, 0) is 16.3 Å². The van der Waals surface area contributed by atoms with Crippen molar-refractivity contribution >= 4 is 46.3 Å². The summed E-state index contributed by atoms with van der Waals surface area (Å²) in [6, 6.07) is 2.83. The zero-order chi connectivity index (χ0) is 17.9. The van der Waals surface area contributed by atoms with Crippen LogP contribution in [0.5, 0.6) is 5.75 Å². The molecule has 146 valence electrons. The fraction of sp³-hybridized carbons (Fsp3) is 0.312. The number of hydrogen-bond acceptors (Lipinski definition) is 5. The average molecular weight is 446 g/mol. The summed E-state index contributed by atoms with van der Waals surface area (Å²) in [5.74, 6) is -0.384. The van der Waals surface area contributed by atoms with Crippen LogP contribution in [0.1, 0.15) is 12.5 Å². The summed E-state index contributed by atoms with van der Waals surface area (Å²) in [7, 11) is -3.48. The van der Waals surface area contributed by atoms with Crippen molar-refractivity contribution in [3.63, 3.8) is 0 Å². The molecule has 1 aromatic carbocycles. The van der Waals surface area contributed by atoms with Crippen molar-refractivity contribution in [1.29, 1.82) is 0 Å². The van der Waals surface area contributed by atoms with Crippen LogP contribution < -0.4 is 10.5 Å². The molecular weight excluding hydrogens is 426 g/mol. The van der Waals surface area contributed by atoms with Crippen molar-refractivity contribution in [2.24, 2.45) is 5.73 Å². The number of aromatic nitrogens is 1. The second kappa shape index (κ2) is 10.3. The molecule has 26 heavy (non-hydrogen) atoms. The number of hydrogen-bond donors (Lipinski definition) is 1. The molecule has 0 spiro atoms. The van der Waals surface area contributed by atoms with Crippen molar-refractivity contribution < 1.29 is 17.5 Å². The van der Waals surface area contributed by atoms with E-state index in [1.807, 2.05) is 0 Å². The van der Waals surface area contributed by atoms with Crippen LogP contribution in [0.25, 0.3) is 11.1 Å². The van der Waals surface area contributed by atoms with Gasteiger partial charge in [-0.1, -0.05) is 11.6 Å². The molecule has 0 bridgehead atoms. The van der Waals surface area contributed by atoms with E-state index in [1.54, 1.807) is 6.92 Å². The molecule has 0 radical (unpaired) electrons. The second-order valence-corrected chi connectivity index (χ2v) is 7.61. The summed E-state index contributed by atoms with van der Waals surface area (Å²) in [5.41, 5.74) is 6.62. The third kappa shape index (κ3) is 5.44. The molecule has 0 amide bonds. The summed E-state index contributed by atoms with van der Waals surface area (Å²) in [4.78, 5) is 3.89. The molecular formula is C16H20Cl3FN2O3S. The van der Waals surface area contributed by atoms with E-state index in [1.165, 1.54) is 24.5 Å². The Balaban J connectivity index is 0.00000312. The highest BCUT2D eigenvalue weighted by molar-refractivity contribution is 7.90. The SMILES string of the molecule is CCOc1c(CCN)cc(Cl)c(F)c1-c1cncc(S(C)(=O)=O)c1.Cl.Cl. The number of rotatable bonds is 6. The van der Waals surface area contributed by atoms with E-state index < -0.39 is 15.7 Å². The fourth-order valence-electron chi connectivity index (χ4n) is 2.33. The first-order chi connectivity index (χ1) is 11.3. The third-order valence-corrected chi connectivity index (χ3v) is 4.74. The van der Waals surface area contributed by atoms with Crippen LogP contribution in [0.3, 0.4) is 0 Å². The van der Waals surface area contributed by atoms with Gasteiger partial charge in [-0.05, 0) is 37.6 Å². The molecule has 0 fully saturated rings. The lowest BCUT2D eigenvalue weighted by atomic mass is 10.00. The maximum absolute atomic E-state index is 14.7. The Hall–Kier alpha value is -1.12. The number of pyridine rings is 1. The van der Waals surface area contributed by atoms with Crippen molar-refractivity contribution in [3.8, 4) is 16.9 Å². The quantitative estimate of drug-likeness (QED) is 0.733. The van der Waals surface area contributed by atoms with E-state index in [9.17, 15) is 12.8 Å². The molecule has 0 atom stereocenters. The molecule has 0 aliphatic carbocycles. The number of halogens is 4. The van der Waals surface area contributed by atoms with Crippen molar-refractivity contribution in [3.05, 3.63) is 40.9 Å². The predicted octanol–water partition coefficient (Wildman–Crippen LogP) is 3.69. The second-order valence-electron chi connectivity index (χ2n) is 5.19. The van der Waals surface area contributed by atoms with Gasteiger partial charge in [0.25, 0.3) is 0 Å². The highest BCUT2D eigenvalue weighted by Gasteiger charge is 2.21. The first-order valence-corrected chi connectivity index (χ1v) is 9.55. The Morgan fingerprint density at radius 1 is 1.27 bits per heavy atom. The molecule has 0 aliphatic heterocycles. The Kier molecular flexibility index (Phi) is 9.83. The van der Waals surface area contributed by atoms with Gasteiger partial charge in [0.15, 0.2) is 15.7 Å². The van der Waals surface area contributed by atoms with Crippen LogP contribution in [0.4, 0.5) is 4.39 Å². The van der Waals surface area contributed by atoms with E-state index >= 15 is 0 Å². The number of nitrogens with two attached hydrogens (primary N) is 1. The molecule has 2 aromatic rings.